The molecule has 1 aromatic rings. The molecule has 104 valence electrons. The number of hydrogen-bond acceptors (Lipinski definition) is 3. The lowest BCUT2D eigenvalue weighted by atomic mass is 10.0. The zero-order chi connectivity index (χ0) is 15.1. The fraction of sp³-hybridized carbons (Fsp3) is 0.250. The van der Waals surface area contributed by atoms with Crippen molar-refractivity contribution in [1.29, 1.82) is 5.26 Å². The van der Waals surface area contributed by atoms with E-state index in [1.807, 2.05) is 6.07 Å². The average molecular weight is 283 g/mol. The minimum atomic E-state index is -4.90. The molecule has 1 atom stereocenters. The first-order valence-electron chi connectivity index (χ1n) is 5.44. The van der Waals surface area contributed by atoms with Gasteiger partial charge in [0, 0.05) is 0 Å². The normalized spacial score (nSPS) is 22.6. The molecule has 8 heteroatoms. The van der Waals surface area contributed by atoms with Crippen molar-refractivity contribution in [2.75, 3.05) is 4.90 Å². The van der Waals surface area contributed by atoms with E-state index in [1.165, 1.54) is 24.3 Å². The molecule has 3 amide bonds. The maximum Gasteiger partial charge on any atom is 0.420 e. The average Bonchev–Trinajstić information content (AvgIpc) is 2.61. The van der Waals surface area contributed by atoms with Crippen molar-refractivity contribution in [3.05, 3.63) is 29.8 Å². The summed E-state index contributed by atoms with van der Waals surface area (Å²) in [7, 11) is 0. The molecule has 1 saturated heterocycles. The Morgan fingerprint density at radius 2 is 1.80 bits per heavy atom. The van der Waals surface area contributed by atoms with Crippen molar-refractivity contribution >= 4 is 17.6 Å². The van der Waals surface area contributed by atoms with Gasteiger partial charge in [0.15, 0.2) is 0 Å². The molecule has 0 aromatic heterocycles. The van der Waals surface area contributed by atoms with Crippen LogP contribution in [0.1, 0.15) is 12.5 Å². The Bertz CT molecular complexity index is 618. The number of halogens is 3. The van der Waals surface area contributed by atoms with Gasteiger partial charge in [-0.3, -0.25) is 4.79 Å². The number of carbonyl (C=O) groups excluding carboxylic acids is 2. The highest BCUT2D eigenvalue weighted by Gasteiger charge is 2.64. The second kappa shape index (κ2) is 4.23. The van der Waals surface area contributed by atoms with Crippen LogP contribution in [-0.4, -0.2) is 23.7 Å². The Labute approximate surface area is 111 Å². The molecule has 1 aromatic carbocycles. The maximum absolute atomic E-state index is 12.9. The van der Waals surface area contributed by atoms with Crippen molar-refractivity contribution < 1.29 is 22.8 Å². The molecule has 0 saturated carbocycles. The molecule has 1 aliphatic rings. The van der Waals surface area contributed by atoms with Crippen LogP contribution in [0.25, 0.3) is 0 Å². The minimum Gasteiger partial charge on any atom is -0.315 e. The molecular weight excluding hydrogens is 275 g/mol. The molecule has 20 heavy (non-hydrogen) atoms. The van der Waals surface area contributed by atoms with Gasteiger partial charge in [-0.1, -0.05) is 0 Å². The number of amides is 3. The van der Waals surface area contributed by atoms with Gasteiger partial charge in [-0.05, 0) is 31.2 Å². The summed E-state index contributed by atoms with van der Waals surface area (Å²) in [6.07, 6.45) is -4.90. The first kappa shape index (κ1) is 13.9. The van der Waals surface area contributed by atoms with E-state index in [0.29, 0.717) is 11.8 Å². The summed E-state index contributed by atoms with van der Waals surface area (Å²) in [4.78, 5) is 23.9. The molecule has 5 nitrogen and oxygen atoms in total. The molecule has 1 N–H and O–H groups in total. The fourth-order valence-electron chi connectivity index (χ4n) is 1.75. The number of alkyl halides is 3. The van der Waals surface area contributed by atoms with Crippen molar-refractivity contribution in [3.8, 4) is 6.07 Å². The molecule has 0 bridgehead atoms. The van der Waals surface area contributed by atoms with Gasteiger partial charge in [0.1, 0.15) is 0 Å². The lowest BCUT2D eigenvalue weighted by molar-refractivity contribution is -0.187. The van der Waals surface area contributed by atoms with E-state index in [0.717, 1.165) is 0 Å². The molecule has 0 aliphatic carbocycles. The van der Waals surface area contributed by atoms with Crippen LogP contribution in [0.3, 0.4) is 0 Å². The molecule has 1 fully saturated rings. The van der Waals surface area contributed by atoms with Crippen LogP contribution in [0.15, 0.2) is 24.3 Å². The largest absolute Gasteiger partial charge is 0.420 e. The molecule has 1 unspecified atom stereocenters. The monoisotopic (exact) mass is 283 g/mol. The molecular formula is C12H8F3N3O2. The lowest BCUT2D eigenvalue weighted by Crippen LogP contribution is -2.56. The Morgan fingerprint density at radius 1 is 1.25 bits per heavy atom. The molecule has 0 spiro atoms. The first-order chi connectivity index (χ1) is 9.20. The zero-order valence-electron chi connectivity index (χ0n) is 10.2. The number of hydrogen-bond donors (Lipinski definition) is 1. The van der Waals surface area contributed by atoms with Gasteiger partial charge in [-0.25, -0.2) is 9.69 Å². The predicted molar refractivity (Wildman–Crippen MR) is 61.6 cm³/mol. The summed E-state index contributed by atoms with van der Waals surface area (Å²) >= 11 is 0. The van der Waals surface area contributed by atoms with E-state index in [1.54, 1.807) is 5.32 Å². The van der Waals surface area contributed by atoms with E-state index >= 15 is 0 Å². The van der Waals surface area contributed by atoms with Crippen molar-refractivity contribution in [2.24, 2.45) is 0 Å². The number of rotatable bonds is 1. The molecule has 1 heterocycles. The number of nitrogens with zero attached hydrogens (tertiary/aromatic N) is 2. The second-order valence-electron chi connectivity index (χ2n) is 4.35. The Balaban J connectivity index is 2.41. The number of nitriles is 1. The molecule has 2 rings (SSSR count). The van der Waals surface area contributed by atoms with Crippen LogP contribution < -0.4 is 10.2 Å². The second-order valence-corrected chi connectivity index (χ2v) is 4.35. The van der Waals surface area contributed by atoms with Crippen LogP contribution in [0, 0.1) is 11.3 Å². The predicted octanol–water partition coefficient (Wildman–Crippen LogP) is 1.94. The third-order valence-corrected chi connectivity index (χ3v) is 3.01. The molecule has 0 radical (unpaired) electrons. The minimum absolute atomic E-state index is 0.0283. The lowest BCUT2D eigenvalue weighted by Gasteiger charge is -2.24. The quantitative estimate of drug-likeness (QED) is 0.800. The number of urea groups is 1. The van der Waals surface area contributed by atoms with Crippen LogP contribution in [0.2, 0.25) is 0 Å². The van der Waals surface area contributed by atoms with E-state index < -0.39 is 23.7 Å². The van der Waals surface area contributed by atoms with Crippen molar-refractivity contribution in [3.63, 3.8) is 0 Å². The van der Waals surface area contributed by atoms with Crippen LogP contribution in [0.4, 0.5) is 23.7 Å². The zero-order valence-corrected chi connectivity index (χ0v) is 10.2. The number of imide groups is 1. The first-order valence-corrected chi connectivity index (χ1v) is 5.44. The summed E-state index contributed by atoms with van der Waals surface area (Å²) < 4.78 is 38.6. The summed E-state index contributed by atoms with van der Waals surface area (Å²) in [5.41, 5.74) is -2.71. The Kier molecular flexibility index (Phi) is 2.93. The molecule has 1 aliphatic heterocycles. The van der Waals surface area contributed by atoms with Gasteiger partial charge < -0.3 is 5.32 Å². The fourth-order valence-corrected chi connectivity index (χ4v) is 1.75. The topological polar surface area (TPSA) is 73.2 Å². The summed E-state index contributed by atoms with van der Waals surface area (Å²) in [6.45, 7) is 0.608. The van der Waals surface area contributed by atoms with Gasteiger partial charge in [-0.15, -0.1) is 0 Å². The van der Waals surface area contributed by atoms with Gasteiger partial charge in [-0.2, -0.15) is 18.4 Å². The number of nitrogens with one attached hydrogen (secondary N) is 1. The summed E-state index contributed by atoms with van der Waals surface area (Å²) in [5.74, 6) is -1.40. The highest BCUT2D eigenvalue weighted by Crippen LogP contribution is 2.36. The smallest absolute Gasteiger partial charge is 0.315 e. The van der Waals surface area contributed by atoms with E-state index in [2.05, 4.69) is 0 Å². The Morgan fingerprint density at radius 3 is 2.20 bits per heavy atom. The number of benzene rings is 1. The van der Waals surface area contributed by atoms with Gasteiger partial charge >= 0.3 is 12.2 Å². The Hall–Kier alpha value is -2.56. The van der Waals surface area contributed by atoms with Crippen LogP contribution in [-0.2, 0) is 4.79 Å². The third-order valence-electron chi connectivity index (χ3n) is 3.01. The van der Waals surface area contributed by atoms with Crippen molar-refractivity contribution in [1.82, 2.24) is 5.32 Å². The highest BCUT2D eigenvalue weighted by molar-refractivity contribution is 6.23. The van der Waals surface area contributed by atoms with Gasteiger partial charge in [0.2, 0.25) is 5.54 Å². The standard InChI is InChI=1S/C12H8F3N3O2/c1-11(12(13,14)15)9(19)18(10(20)17-11)8-4-2-7(6-16)3-5-8/h2-5H,1H3,(H,17,20). The summed E-state index contributed by atoms with van der Waals surface area (Å²) in [6, 6.07) is 5.75. The van der Waals surface area contributed by atoms with Crippen LogP contribution >= 0.6 is 0 Å². The van der Waals surface area contributed by atoms with E-state index in [9.17, 15) is 22.8 Å². The van der Waals surface area contributed by atoms with Crippen molar-refractivity contribution in [2.45, 2.75) is 18.6 Å². The maximum atomic E-state index is 12.9. The van der Waals surface area contributed by atoms with E-state index in [4.69, 9.17) is 5.26 Å². The van der Waals surface area contributed by atoms with E-state index in [-0.39, 0.29) is 11.3 Å². The summed E-state index contributed by atoms with van der Waals surface area (Å²) in [5, 5.41) is 10.3. The van der Waals surface area contributed by atoms with Gasteiger partial charge in [0.25, 0.3) is 5.91 Å². The van der Waals surface area contributed by atoms with Crippen LogP contribution in [0.5, 0.6) is 0 Å². The number of anilines is 1. The SMILES string of the molecule is CC1(C(F)(F)F)NC(=O)N(c2ccc(C#N)cc2)C1=O. The highest BCUT2D eigenvalue weighted by atomic mass is 19.4. The van der Waals surface area contributed by atoms with Gasteiger partial charge in [0.05, 0.1) is 17.3 Å². The third kappa shape index (κ3) is 1.87. The number of carbonyl (C=O) groups is 2.